The van der Waals surface area contributed by atoms with Crippen molar-refractivity contribution in [2.75, 3.05) is 26.2 Å². The van der Waals surface area contributed by atoms with E-state index < -0.39 is 5.97 Å². The van der Waals surface area contributed by atoms with Crippen LogP contribution in [0.3, 0.4) is 0 Å². The fraction of sp³-hybridized carbons (Fsp3) is 0.988. The van der Waals surface area contributed by atoms with Gasteiger partial charge < -0.3 is 15.7 Å². The third-order valence-electron chi connectivity index (χ3n) is 18.8. The molecule has 0 radical (unpaired) electrons. The molecule has 0 amide bonds. The van der Waals surface area contributed by atoms with E-state index in [9.17, 15) is 4.79 Å². The van der Waals surface area contributed by atoms with Crippen LogP contribution in [0.5, 0.6) is 0 Å². The van der Waals surface area contributed by atoms with Crippen LogP contribution >= 0.6 is 0 Å². The molecule has 0 aliphatic carbocycles. The first-order valence-corrected chi connectivity index (χ1v) is 41.2. The predicted molar refractivity (Wildman–Crippen MR) is 394 cm³/mol. The second-order valence-electron chi connectivity index (χ2n) is 28.0. The van der Waals surface area contributed by atoms with Gasteiger partial charge in [-0.25, -0.2) is 0 Å². The summed E-state index contributed by atoms with van der Waals surface area (Å²) < 4.78 is 0. The highest BCUT2D eigenvalue weighted by Gasteiger charge is 2.01. The fourth-order valence-corrected chi connectivity index (χ4v) is 12.7. The third-order valence-corrected chi connectivity index (χ3v) is 18.8. The second kappa shape index (κ2) is 90.8. The monoisotopic (exact) mass is 1220 g/mol. The highest BCUT2D eigenvalue weighted by molar-refractivity contribution is 5.66. The molecule has 0 saturated carbocycles. The smallest absolute Gasteiger partial charge is 0.303 e. The predicted octanol–water partition coefficient (Wildman–Crippen LogP) is 29.4. The number of nitrogens with one attached hydrogen (secondary N) is 2. The number of carboxylic acid groups (broad SMARTS) is 1. The summed E-state index contributed by atoms with van der Waals surface area (Å²) in [5.41, 5.74) is 0. The lowest BCUT2D eigenvalue weighted by molar-refractivity contribution is -0.137. The summed E-state index contributed by atoms with van der Waals surface area (Å²) in [6.45, 7) is 16.4. The van der Waals surface area contributed by atoms with Crippen molar-refractivity contribution < 1.29 is 9.90 Å². The molecule has 4 nitrogen and oxygen atoms in total. The van der Waals surface area contributed by atoms with Crippen molar-refractivity contribution in [1.29, 1.82) is 0 Å². The normalized spacial score (nSPS) is 11.3. The Morgan fingerprint density at radius 2 is 0.279 bits per heavy atom. The molecule has 0 saturated heterocycles. The molecule has 86 heavy (non-hydrogen) atoms. The van der Waals surface area contributed by atoms with Gasteiger partial charge in [0.2, 0.25) is 0 Å². The van der Waals surface area contributed by atoms with E-state index in [1.165, 1.54) is 469 Å². The van der Waals surface area contributed by atoms with E-state index in [1.807, 2.05) is 0 Å². The molecule has 0 spiro atoms. The maximum atomic E-state index is 10.1. The van der Waals surface area contributed by atoms with Crippen LogP contribution < -0.4 is 10.6 Å². The fourth-order valence-electron chi connectivity index (χ4n) is 12.7. The lowest BCUT2D eigenvalue weighted by Crippen LogP contribution is -2.16. The van der Waals surface area contributed by atoms with E-state index in [2.05, 4.69) is 45.3 Å². The number of hydrogen-bond donors (Lipinski definition) is 3. The topological polar surface area (TPSA) is 61.4 Å². The second-order valence-corrected chi connectivity index (χ2v) is 28.0. The number of aliphatic carboxylic acids is 1. The minimum atomic E-state index is -0.663. The Kier molecular flexibility index (Phi) is 94.6. The zero-order valence-electron chi connectivity index (χ0n) is 61.1. The van der Waals surface area contributed by atoms with Crippen LogP contribution in [-0.2, 0) is 4.79 Å². The van der Waals surface area contributed by atoms with Gasteiger partial charge in [-0.2, -0.15) is 0 Å². The first kappa shape index (κ1) is 89.6. The summed E-state index contributed by atoms with van der Waals surface area (Å²) in [6, 6.07) is 0. The molecule has 0 atom stereocenters. The molecule has 4 heteroatoms. The summed E-state index contributed by atoms with van der Waals surface area (Å²) >= 11 is 0. The molecule has 0 heterocycles. The van der Waals surface area contributed by atoms with Gasteiger partial charge in [0.15, 0.2) is 0 Å². The number of hydrogen-bond acceptors (Lipinski definition) is 3. The Morgan fingerprint density at radius 3 is 0.395 bits per heavy atom. The largest absolute Gasteiger partial charge is 0.481 e. The molecule has 3 N–H and O–H groups in total. The van der Waals surface area contributed by atoms with Crippen LogP contribution in [0, 0.1) is 0 Å². The number of rotatable bonds is 76. The van der Waals surface area contributed by atoms with Gasteiger partial charge in [0, 0.05) is 6.42 Å². The Labute approximate surface area is 546 Å². The van der Waals surface area contributed by atoms with Gasteiger partial charge in [0.05, 0.1) is 0 Å². The average Bonchev–Trinajstić information content (AvgIpc) is 3.51. The average molecular weight is 1220 g/mol. The lowest BCUT2D eigenvalue weighted by Gasteiger charge is -2.06. The molecule has 0 unspecified atom stereocenters. The van der Waals surface area contributed by atoms with E-state index in [0.717, 1.165) is 12.8 Å². The van der Waals surface area contributed by atoms with Gasteiger partial charge in [0.25, 0.3) is 0 Å². The number of carboxylic acids is 1. The summed E-state index contributed by atoms with van der Waals surface area (Å²) in [5, 5.41) is 15.7. The zero-order valence-corrected chi connectivity index (χ0v) is 61.1. The van der Waals surface area contributed by atoms with Gasteiger partial charge >= 0.3 is 5.97 Å². The number of unbranched alkanes of at least 4 members (excludes halogenated alkanes) is 66. The van der Waals surface area contributed by atoms with Crippen molar-refractivity contribution in [2.45, 2.75) is 497 Å². The highest BCUT2D eigenvalue weighted by atomic mass is 16.4. The molecule has 0 rings (SSSR count). The highest BCUT2D eigenvalue weighted by Crippen LogP contribution is 2.19. The molecule has 0 bridgehead atoms. The summed E-state index contributed by atoms with van der Waals surface area (Å²) in [6.07, 6.45) is 102. The standard InChI is InChI=1S/2C36H75N.C10H20O2/c2*1-3-5-7-9-11-13-15-17-19-21-23-25-27-29-31-33-35-37-36-34-32-30-28-26-24-22-20-18-16-14-12-10-8-6-4-2;1-2-3-4-5-6-7-8-9-10(11)12/h2*37H,3-36H2,1-2H3;2-9H2,1H3,(H,11,12). The van der Waals surface area contributed by atoms with Crippen LogP contribution in [0.4, 0.5) is 0 Å². The minimum absolute atomic E-state index is 0.341. The van der Waals surface area contributed by atoms with Crippen molar-refractivity contribution in [1.82, 2.24) is 10.6 Å². The number of carbonyl (C=O) groups is 1. The Bertz CT molecular complexity index is 959. The SMILES string of the molecule is CCCCCCCCCC(=O)O.CCCCCCCCCCCCCCCCCCNCCCCCCCCCCCCCCCCCC.CCCCCCCCCCCCCCCCCCNCCCCCCCCCCCCCCCCCC. The summed E-state index contributed by atoms with van der Waals surface area (Å²) in [4.78, 5) is 10.1. The lowest BCUT2D eigenvalue weighted by atomic mass is 10.0. The molecular weight excluding hydrogens is 1040 g/mol. The first-order valence-electron chi connectivity index (χ1n) is 41.2. The summed E-state index contributed by atoms with van der Waals surface area (Å²) in [7, 11) is 0. The Balaban J connectivity index is -0.00000134. The molecule has 0 fully saturated rings. The van der Waals surface area contributed by atoms with E-state index in [-0.39, 0.29) is 0 Å². The Morgan fingerprint density at radius 1 is 0.174 bits per heavy atom. The molecule has 0 aromatic rings. The molecule has 0 aliphatic rings. The molecule has 0 aliphatic heterocycles. The quantitative estimate of drug-likeness (QED) is 0.0531. The van der Waals surface area contributed by atoms with Crippen LogP contribution in [0.2, 0.25) is 0 Å². The van der Waals surface area contributed by atoms with E-state index in [1.54, 1.807) is 0 Å². The maximum absolute atomic E-state index is 10.1. The third kappa shape index (κ3) is 97.0. The molecule has 0 aromatic heterocycles. The van der Waals surface area contributed by atoms with Crippen molar-refractivity contribution in [3.63, 3.8) is 0 Å². The van der Waals surface area contributed by atoms with E-state index in [4.69, 9.17) is 5.11 Å². The van der Waals surface area contributed by atoms with Crippen molar-refractivity contribution >= 4 is 5.97 Å². The van der Waals surface area contributed by atoms with Gasteiger partial charge in [-0.15, -0.1) is 0 Å². The van der Waals surface area contributed by atoms with Gasteiger partial charge in [-0.3, -0.25) is 4.79 Å². The van der Waals surface area contributed by atoms with E-state index >= 15 is 0 Å². The zero-order chi connectivity index (χ0) is 62.7. The van der Waals surface area contributed by atoms with Crippen molar-refractivity contribution in [3.05, 3.63) is 0 Å². The van der Waals surface area contributed by atoms with Crippen LogP contribution in [0.1, 0.15) is 497 Å². The van der Waals surface area contributed by atoms with Gasteiger partial charge in [-0.05, 0) is 58.3 Å². The molecular formula is C82H170N2O2. The van der Waals surface area contributed by atoms with Crippen molar-refractivity contribution in [2.24, 2.45) is 0 Å². The van der Waals surface area contributed by atoms with Gasteiger partial charge in [-0.1, -0.05) is 458 Å². The van der Waals surface area contributed by atoms with Crippen molar-refractivity contribution in [3.8, 4) is 0 Å². The molecule has 520 valence electrons. The van der Waals surface area contributed by atoms with Crippen LogP contribution in [-0.4, -0.2) is 37.3 Å². The minimum Gasteiger partial charge on any atom is -0.481 e. The van der Waals surface area contributed by atoms with Crippen LogP contribution in [0.15, 0.2) is 0 Å². The Hall–Kier alpha value is -0.610. The van der Waals surface area contributed by atoms with Gasteiger partial charge in [0.1, 0.15) is 0 Å². The van der Waals surface area contributed by atoms with E-state index in [0.29, 0.717) is 6.42 Å². The summed E-state index contributed by atoms with van der Waals surface area (Å²) in [5.74, 6) is -0.663. The maximum Gasteiger partial charge on any atom is 0.303 e. The van der Waals surface area contributed by atoms with Crippen LogP contribution in [0.25, 0.3) is 0 Å². The first-order chi connectivity index (χ1) is 42.6. The molecule has 0 aromatic carbocycles.